The normalized spacial score (nSPS) is 21.4. The summed E-state index contributed by atoms with van der Waals surface area (Å²) in [5, 5.41) is 6.11. The fourth-order valence-corrected chi connectivity index (χ4v) is 4.90. The Morgan fingerprint density at radius 3 is 2.55 bits per heavy atom. The van der Waals surface area contributed by atoms with Crippen LogP contribution in [-0.4, -0.2) is 47.9 Å². The predicted octanol–water partition coefficient (Wildman–Crippen LogP) is 3.53. The van der Waals surface area contributed by atoms with Crippen LogP contribution in [0.5, 0.6) is 0 Å². The molecular formula is C25H33N3O3. The van der Waals surface area contributed by atoms with Crippen LogP contribution in [0.1, 0.15) is 61.1 Å². The summed E-state index contributed by atoms with van der Waals surface area (Å²) in [5.41, 5.74) is 1.01. The van der Waals surface area contributed by atoms with Crippen LogP contribution in [0.25, 0.3) is 0 Å². The SMILES string of the molecule is O=C(NC(Cc1ccccc1)C(=O)NC1CCCN(C2CCCCC2)C1)c1ccco1. The molecule has 2 atom stereocenters. The molecule has 2 fully saturated rings. The minimum absolute atomic E-state index is 0.126. The fraction of sp³-hybridized carbons (Fsp3) is 0.520. The molecule has 1 aliphatic carbocycles. The Bertz CT molecular complexity index is 831. The molecule has 31 heavy (non-hydrogen) atoms. The van der Waals surface area contributed by atoms with Gasteiger partial charge in [0.05, 0.1) is 6.26 Å². The Labute approximate surface area is 184 Å². The van der Waals surface area contributed by atoms with Crippen LogP contribution in [0.4, 0.5) is 0 Å². The maximum absolute atomic E-state index is 13.2. The number of amides is 2. The second-order valence-corrected chi connectivity index (χ2v) is 8.83. The Morgan fingerprint density at radius 2 is 1.81 bits per heavy atom. The number of hydrogen-bond donors (Lipinski definition) is 2. The summed E-state index contributed by atoms with van der Waals surface area (Å²) in [6.07, 6.45) is 10.5. The summed E-state index contributed by atoms with van der Waals surface area (Å²) >= 11 is 0. The zero-order chi connectivity index (χ0) is 21.5. The van der Waals surface area contributed by atoms with Gasteiger partial charge in [0, 0.05) is 25.0 Å². The molecule has 0 bridgehead atoms. The van der Waals surface area contributed by atoms with Crippen molar-refractivity contribution in [2.45, 2.75) is 69.5 Å². The van der Waals surface area contributed by atoms with E-state index in [1.807, 2.05) is 30.3 Å². The van der Waals surface area contributed by atoms with E-state index in [1.165, 1.54) is 38.4 Å². The first-order valence-corrected chi connectivity index (χ1v) is 11.6. The van der Waals surface area contributed by atoms with Gasteiger partial charge in [-0.25, -0.2) is 0 Å². The standard InChI is InChI=1S/C25H33N3O3/c29-24(26-20-11-7-15-28(18-20)21-12-5-2-6-13-21)22(17-19-9-3-1-4-10-19)27-25(30)23-14-8-16-31-23/h1,3-4,8-10,14,16,20-22H,2,5-7,11-13,15,17-18H2,(H,26,29)(H,27,30). The van der Waals surface area contributed by atoms with Gasteiger partial charge in [-0.2, -0.15) is 0 Å². The van der Waals surface area contributed by atoms with Crippen LogP contribution in [0, 0.1) is 0 Å². The van der Waals surface area contributed by atoms with Crippen LogP contribution in [0.15, 0.2) is 53.1 Å². The van der Waals surface area contributed by atoms with E-state index in [-0.39, 0.29) is 23.6 Å². The minimum atomic E-state index is -0.648. The topological polar surface area (TPSA) is 74.6 Å². The van der Waals surface area contributed by atoms with E-state index in [4.69, 9.17) is 4.42 Å². The highest BCUT2D eigenvalue weighted by Crippen LogP contribution is 2.25. The molecule has 2 aliphatic rings. The molecule has 0 spiro atoms. The lowest BCUT2D eigenvalue weighted by molar-refractivity contribution is -0.124. The van der Waals surface area contributed by atoms with Gasteiger partial charge in [-0.1, -0.05) is 49.6 Å². The van der Waals surface area contributed by atoms with Crippen LogP contribution in [-0.2, 0) is 11.2 Å². The van der Waals surface area contributed by atoms with Gasteiger partial charge in [-0.3, -0.25) is 14.5 Å². The van der Waals surface area contributed by atoms with Crippen LogP contribution in [0.3, 0.4) is 0 Å². The van der Waals surface area contributed by atoms with Crippen LogP contribution < -0.4 is 10.6 Å². The Balaban J connectivity index is 1.40. The number of piperidine rings is 1. The van der Waals surface area contributed by atoms with E-state index in [2.05, 4.69) is 15.5 Å². The third-order valence-corrected chi connectivity index (χ3v) is 6.54. The van der Waals surface area contributed by atoms with E-state index in [1.54, 1.807) is 12.1 Å². The Kier molecular flexibility index (Phi) is 7.41. The van der Waals surface area contributed by atoms with Gasteiger partial charge < -0.3 is 15.1 Å². The van der Waals surface area contributed by atoms with E-state index < -0.39 is 6.04 Å². The average molecular weight is 424 g/mol. The lowest BCUT2D eigenvalue weighted by atomic mass is 9.92. The Morgan fingerprint density at radius 1 is 1.00 bits per heavy atom. The number of rotatable bonds is 7. The summed E-state index contributed by atoms with van der Waals surface area (Å²) in [6, 6.07) is 13.2. The number of nitrogens with zero attached hydrogens (tertiary/aromatic N) is 1. The summed E-state index contributed by atoms with van der Waals surface area (Å²) in [5.74, 6) is -0.278. The monoisotopic (exact) mass is 423 g/mol. The van der Waals surface area contributed by atoms with Crippen LogP contribution in [0.2, 0.25) is 0 Å². The molecule has 2 aromatic rings. The molecule has 1 saturated carbocycles. The number of benzene rings is 1. The fourth-order valence-electron chi connectivity index (χ4n) is 4.90. The van der Waals surface area contributed by atoms with E-state index in [0.717, 1.165) is 31.5 Å². The van der Waals surface area contributed by atoms with E-state index in [0.29, 0.717) is 12.5 Å². The Hall–Kier alpha value is -2.60. The first-order chi connectivity index (χ1) is 15.2. The number of carbonyl (C=O) groups is 2. The highest BCUT2D eigenvalue weighted by molar-refractivity contribution is 5.95. The summed E-state index contributed by atoms with van der Waals surface area (Å²) in [6.45, 7) is 2.03. The first-order valence-electron chi connectivity index (χ1n) is 11.6. The molecule has 6 nitrogen and oxygen atoms in total. The molecule has 2 N–H and O–H groups in total. The number of hydrogen-bond acceptors (Lipinski definition) is 4. The summed E-state index contributed by atoms with van der Waals surface area (Å²) < 4.78 is 5.21. The van der Waals surface area contributed by atoms with E-state index in [9.17, 15) is 9.59 Å². The number of carbonyl (C=O) groups excluding carboxylic acids is 2. The van der Waals surface area contributed by atoms with Crippen molar-refractivity contribution in [2.24, 2.45) is 0 Å². The van der Waals surface area contributed by atoms with Crippen molar-refractivity contribution in [2.75, 3.05) is 13.1 Å². The van der Waals surface area contributed by atoms with Crippen LogP contribution >= 0.6 is 0 Å². The van der Waals surface area contributed by atoms with E-state index >= 15 is 0 Å². The molecular weight excluding hydrogens is 390 g/mol. The molecule has 2 heterocycles. The van der Waals surface area contributed by atoms with Gasteiger partial charge >= 0.3 is 0 Å². The number of nitrogens with one attached hydrogen (secondary N) is 2. The highest BCUT2D eigenvalue weighted by Gasteiger charge is 2.30. The average Bonchev–Trinajstić information content (AvgIpc) is 3.35. The molecule has 4 rings (SSSR count). The van der Waals surface area contributed by atoms with Crippen molar-refractivity contribution < 1.29 is 14.0 Å². The van der Waals surface area contributed by atoms with Crippen molar-refractivity contribution in [1.29, 1.82) is 0 Å². The quantitative estimate of drug-likeness (QED) is 0.714. The highest BCUT2D eigenvalue weighted by atomic mass is 16.3. The van der Waals surface area contributed by atoms with Gasteiger partial charge in [0.2, 0.25) is 5.91 Å². The smallest absolute Gasteiger partial charge is 0.287 e. The van der Waals surface area contributed by atoms with Gasteiger partial charge in [0.25, 0.3) is 5.91 Å². The third-order valence-electron chi connectivity index (χ3n) is 6.54. The number of furan rings is 1. The van der Waals surface area contributed by atoms with Crippen molar-refractivity contribution >= 4 is 11.8 Å². The van der Waals surface area contributed by atoms with Gasteiger partial charge in [-0.05, 0) is 49.9 Å². The van der Waals surface area contributed by atoms with Crippen molar-refractivity contribution in [1.82, 2.24) is 15.5 Å². The zero-order valence-electron chi connectivity index (χ0n) is 18.1. The molecule has 2 unspecified atom stereocenters. The van der Waals surface area contributed by atoms with Crippen molar-refractivity contribution in [3.8, 4) is 0 Å². The third kappa shape index (κ3) is 5.97. The molecule has 1 aromatic heterocycles. The molecule has 6 heteroatoms. The summed E-state index contributed by atoms with van der Waals surface area (Å²) in [7, 11) is 0. The summed E-state index contributed by atoms with van der Waals surface area (Å²) in [4.78, 5) is 28.4. The molecule has 1 saturated heterocycles. The van der Waals surface area contributed by atoms with Gasteiger partial charge in [0.1, 0.15) is 6.04 Å². The maximum Gasteiger partial charge on any atom is 0.287 e. The maximum atomic E-state index is 13.2. The van der Waals surface area contributed by atoms with Crippen molar-refractivity contribution in [3.63, 3.8) is 0 Å². The minimum Gasteiger partial charge on any atom is -0.459 e. The van der Waals surface area contributed by atoms with Gasteiger partial charge in [-0.15, -0.1) is 0 Å². The zero-order valence-corrected chi connectivity index (χ0v) is 18.1. The first kappa shape index (κ1) is 21.6. The second-order valence-electron chi connectivity index (χ2n) is 8.83. The second kappa shape index (κ2) is 10.6. The molecule has 1 aromatic carbocycles. The molecule has 2 amide bonds. The lowest BCUT2D eigenvalue weighted by Crippen LogP contribution is -2.55. The molecule has 0 radical (unpaired) electrons. The number of likely N-dealkylation sites (tertiary alicyclic amines) is 1. The van der Waals surface area contributed by atoms with Gasteiger partial charge in [0.15, 0.2) is 5.76 Å². The van der Waals surface area contributed by atoms with Crippen molar-refractivity contribution in [3.05, 3.63) is 60.1 Å². The lowest BCUT2D eigenvalue weighted by Gasteiger charge is -2.40. The molecule has 1 aliphatic heterocycles. The molecule has 166 valence electrons. The largest absolute Gasteiger partial charge is 0.459 e. The predicted molar refractivity (Wildman–Crippen MR) is 120 cm³/mol.